The summed E-state index contributed by atoms with van der Waals surface area (Å²) in [6, 6.07) is 38.2. The first-order valence-electron chi connectivity index (χ1n) is 29.1. The summed E-state index contributed by atoms with van der Waals surface area (Å²) in [5.41, 5.74) is 13.3. The van der Waals surface area contributed by atoms with Gasteiger partial charge in [-0.2, -0.15) is 0 Å². The molecule has 0 saturated heterocycles. The first kappa shape index (κ1) is 60.3. The molecule has 6 aliphatic heterocycles. The molecule has 0 saturated carbocycles. The minimum atomic E-state index is 0.383. The second-order valence-electron chi connectivity index (χ2n) is 22.6. The van der Waals surface area contributed by atoms with Crippen molar-refractivity contribution in [1.29, 1.82) is 0 Å². The van der Waals surface area contributed by atoms with Crippen LogP contribution in [-0.4, -0.2) is 59.8 Å². The molecule has 6 aliphatic rings. The van der Waals surface area contributed by atoms with Crippen LogP contribution in [0.1, 0.15) is 187 Å². The molecule has 0 aromatic heterocycles. The van der Waals surface area contributed by atoms with E-state index in [9.17, 15) is 0 Å². The lowest BCUT2D eigenvalue weighted by molar-refractivity contribution is -0.0164. The maximum atomic E-state index is 5.61. The fraction of sp³-hybridized carbons (Fsp3) is 0.478. The Kier molecular flexibility index (Phi) is 23.1. The third-order valence-corrected chi connectivity index (χ3v) is 14.5. The molecule has 0 unspecified atom stereocenters. The summed E-state index contributed by atoms with van der Waals surface area (Å²) in [7, 11) is 0. The van der Waals surface area contributed by atoms with Crippen molar-refractivity contribution < 1.29 is 47.4 Å². The molecule has 6 heterocycles. The van der Waals surface area contributed by atoms with Crippen molar-refractivity contribution in [1.82, 2.24) is 0 Å². The summed E-state index contributed by atoms with van der Waals surface area (Å²) in [5, 5.41) is 0. The number of ether oxygens (including phenoxy) is 10. The van der Waals surface area contributed by atoms with Gasteiger partial charge in [-0.1, -0.05) is 138 Å². The van der Waals surface area contributed by atoms with Crippen LogP contribution in [0.3, 0.4) is 0 Å². The number of fused-ring (bicyclic) bond motifs is 6. The molecule has 6 aromatic rings. The molecule has 0 radical (unpaired) electrons. The SMILES string of the molecule is CC(C)c1ccc2c(c1)CCCO2.CC(C)c1ccc2c(c1)CCO2.CC(C)c1ccc2c(c1)CCOCO2.CC(C)c1ccc2c(c1)COCO2.CC(C)c1ccc2c(c1)OCCCO2.CC(C)c1ccc2c(c1)OCCO2. The Hall–Kier alpha value is -6.36. The lowest BCUT2D eigenvalue weighted by Crippen LogP contribution is -2.15. The molecular weight excluding hydrogens is 989 g/mol. The second-order valence-corrected chi connectivity index (χ2v) is 22.6. The molecule has 0 atom stereocenters. The first-order chi connectivity index (χ1) is 38.1. The fourth-order valence-electron chi connectivity index (χ4n) is 9.37. The Labute approximate surface area is 473 Å². The molecule has 0 bridgehead atoms. The van der Waals surface area contributed by atoms with Gasteiger partial charge in [0.1, 0.15) is 36.2 Å². The second kappa shape index (κ2) is 30.3. The zero-order valence-electron chi connectivity index (χ0n) is 49.5. The van der Waals surface area contributed by atoms with Crippen LogP contribution in [-0.2, 0) is 35.3 Å². The molecule has 79 heavy (non-hydrogen) atoms. The lowest BCUT2D eigenvalue weighted by Gasteiger charge is -2.19. The average Bonchev–Trinajstić information content (AvgIpc) is 3.65. The summed E-state index contributed by atoms with van der Waals surface area (Å²) < 4.78 is 54.3. The topological polar surface area (TPSA) is 92.3 Å². The van der Waals surface area contributed by atoms with Crippen LogP contribution in [0.2, 0.25) is 0 Å². The minimum Gasteiger partial charge on any atom is -0.493 e. The van der Waals surface area contributed by atoms with Crippen molar-refractivity contribution in [3.05, 3.63) is 165 Å². The summed E-state index contributed by atoms with van der Waals surface area (Å²) in [4.78, 5) is 0. The summed E-state index contributed by atoms with van der Waals surface area (Å²) in [6.07, 6.45) is 5.34. The molecule has 0 fully saturated rings. The zero-order valence-corrected chi connectivity index (χ0v) is 49.5. The average molecular weight is 1080 g/mol. The highest BCUT2D eigenvalue weighted by Crippen LogP contribution is 2.35. The van der Waals surface area contributed by atoms with Crippen molar-refractivity contribution in [2.75, 3.05) is 59.8 Å². The number of aryl methyl sites for hydroxylation is 1. The van der Waals surface area contributed by atoms with Crippen molar-refractivity contribution in [2.24, 2.45) is 0 Å². The molecule has 0 aliphatic carbocycles. The normalized spacial score (nSPS) is 15.2. The van der Waals surface area contributed by atoms with Gasteiger partial charge in [0.05, 0.1) is 39.6 Å². The Morgan fingerprint density at radius 2 is 0.570 bits per heavy atom. The van der Waals surface area contributed by atoms with Gasteiger partial charge in [0.2, 0.25) is 0 Å². The van der Waals surface area contributed by atoms with Gasteiger partial charge < -0.3 is 47.4 Å². The number of hydrogen-bond donors (Lipinski definition) is 0. The van der Waals surface area contributed by atoms with Crippen LogP contribution in [0, 0.1) is 0 Å². The molecule has 0 amide bonds. The predicted molar refractivity (Wildman–Crippen MR) is 318 cm³/mol. The van der Waals surface area contributed by atoms with Crippen LogP contribution < -0.4 is 37.9 Å². The predicted octanol–water partition coefficient (Wildman–Crippen LogP) is 16.8. The smallest absolute Gasteiger partial charge is 0.189 e. The Balaban J connectivity index is 0.000000137. The van der Waals surface area contributed by atoms with Crippen molar-refractivity contribution in [2.45, 2.75) is 157 Å². The largest absolute Gasteiger partial charge is 0.493 e. The summed E-state index contributed by atoms with van der Waals surface area (Å²) in [6.45, 7) is 33.2. The van der Waals surface area contributed by atoms with Crippen LogP contribution in [0.5, 0.6) is 46.0 Å². The van der Waals surface area contributed by atoms with Crippen molar-refractivity contribution >= 4 is 0 Å². The van der Waals surface area contributed by atoms with E-state index in [-0.39, 0.29) is 0 Å². The number of rotatable bonds is 6. The van der Waals surface area contributed by atoms with E-state index in [1.165, 1.54) is 56.5 Å². The van der Waals surface area contributed by atoms with E-state index in [1.807, 2.05) is 18.2 Å². The maximum absolute atomic E-state index is 5.61. The summed E-state index contributed by atoms with van der Waals surface area (Å²) >= 11 is 0. The van der Waals surface area contributed by atoms with Crippen LogP contribution >= 0.6 is 0 Å². The van der Waals surface area contributed by atoms with E-state index in [4.69, 9.17) is 47.4 Å². The van der Waals surface area contributed by atoms with E-state index in [0.29, 0.717) is 68.9 Å². The van der Waals surface area contributed by atoms with Gasteiger partial charge in [-0.05, 0) is 159 Å². The quantitative estimate of drug-likeness (QED) is 0.161. The van der Waals surface area contributed by atoms with Gasteiger partial charge in [-0.3, -0.25) is 0 Å². The standard InChI is InChI=1S/2C12H16O2.C12H16O.2C11H14O2.C11H14O/c1-9(2)10-4-5-11-12(8-10)14-7-3-6-13-11;1-9(2)10-3-4-12-11(7-10)5-6-13-8-14-12;1-9(2)10-5-6-12-11(8-10)4-3-7-13-12;1-8(2)9-3-4-11-10(5-9)6-12-7-13-11;1-8(2)9-3-4-10-11(7-9)13-6-5-12-10;1-8(2)9-3-4-11-10(7-9)5-6-12-11/h4-5,8-9H,3,6-7H2,1-2H3;3-4,7,9H,5-6,8H2,1-2H3;5-6,8-9H,3-4,7H2,1-2H3;3-5,8H,6-7H2,1-2H3;3-4,7-8H,5-6H2,1-2H3;3-4,7-8H,5-6H2,1-2H3. The van der Waals surface area contributed by atoms with E-state index in [0.717, 1.165) is 110 Å². The Morgan fingerprint density at radius 3 is 1.05 bits per heavy atom. The number of hydrogen-bond acceptors (Lipinski definition) is 10. The van der Waals surface area contributed by atoms with Crippen LogP contribution in [0.4, 0.5) is 0 Å². The van der Waals surface area contributed by atoms with Gasteiger partial charge >= 0.3 is 0 Å². The highest BCUT2D eigenvalue weighted by molar-refractivity contribution is 5.46. The monoisotopic (exact) mass is 1080 g/mol. The van der Waals surface area contributed by atoms with E-state index < -0.39 is 0 Å². The van der Waals surface area contributed by atoms with Crippen molar-refractivity contribution in [3.8, 4) is 46.0 Å². The highest BCUT2D eigenvalue weighted by Gasteiger charge is 2.17. The van der Waals surface area contributed by atoms with Gasteiger partial charge in [0, 0.05) is 18.4 Å². The zero-order chi connectivity index (χ0) is 56.3. The van der Waals surface area contributed by atoms with E-state index in [2.05, 4.69) is 174 Å². The van der Waals surface area contributed by atoms with Crippen LogP contribution in [0.25, 0.3) is 0 Å². The minimum absolute atomic E-state index is 0.383. The highest BCUT2D eigenvalue weighted by atomic mass is 16.7. The van der Waals surface area contributed by atoms with E-state index in [1.54, 1.807) is 0 Å². The van der Waals surface area contributed by atoms with Crippen molar-refractivity contribution in [3.63, 3.8) is 0 Å². The first-order valence-corrected chi connectivity index (χ1v) is 29.1. The third-order valence-electron chi connectivity index (χ3n) is 14.5. The molecule has 426 valence electrons. The fourth-order valence-corrected chi connectivity index (χ4v) is 9.37. The Morgan fingerprint density at radius 1 is 0.253 bits per heavy atom. The third kappa shape index (κ3) is 18.1. The number of benzene rings is 6. The Bertz CT molecular complexity index is 2610. The molecule has 12 rings (SSSR count). The molecule has 0 spiro atoms. The van der Waals surface area contributed by atoms with Gasteiger partial charge in [0.25, 0.3) is 0 Å². The van der Waals surface area contributed by atoms with E-state index >= 15 is 0 Å². The lowest BCUT2D eigenvalue weighted by atomic mass is 9.97. The van der Waals surface area contributed by atoms with Gasteiger partial charge in [-0.25, -0.2) is 0 Å². The molecule has 10 nitrogen and oxygen atoms in total. The van der Waals surface area contributed by atoms with Gasteiger partial charge in [-0.15, -0.1) is 0 Å². The molecule has 10 heteroatoms. The van der Waals surface area contributed by atoms with Gasteiger partial charge in [0.15, 0.2) is 36.6 Å². The summed E-state index contributed by atoms with van der Waals surface area (Å²) in [5.74, 6) is 11.1. The molecule has 6 aromatic carbocycles. The molecular formula is C69H90O10. The van der Waals surface area contributed by atoms with Crippen LogP contribution in [0.15, 0.2) is 109 Å². The maximum Gasteiger partial charge on any atom is 0.189 e. The molecule has 0 N–H and O–H groups in total.